The summed E-state index contributed by atoms with van der Waals surface area (Å²) in [5, 5.41) is 9.62. The Morgan fingerprint density at radius 1 is 0.437 bits per heavy atom. The van der Waals surface area contributed by atoms with Crippen molar-refractivity contribution in [1.29, 1.82) is 0 Å². The number of carboxylic acid groups (broad SMARTS) is 1. The van der Waals surface area contributed by atoms with Crippen LogP contribution in [0.15, 0.2) is 48.6 Å². The second-order valence-corrected chi connectivity index (χ2v) is 21.3. The minimum Gasteiger partial charge on any atom is -0.477 e. The van der Waals surface area contributed by atoms with Crippen LogP contribution < -0.4 is 0 Å². The number of esters is 2. The normalized spacial score (nSPS) is 13.1. The summed E-state index contributed by atoms with van der Waals surface area (Å²) in [5.74, 6) is -2.01. The zero-order chi connectivity index (χ0) is 52.0. The molecular weight excluding hydrogens is 887 g/mol. The number of allylic oxidation sites excluding steroid dienone is 8. The third-order valence-electron chi connectivity index (χ3n) is 13.1. The summed E-state index contributed by atoms with van der Waals surface area (Å²) >= 11 is 0. The standard InChI is InChI=1S/C62H113NO8/c1-6-8-10-12-13-14-15-16-17-18-19-20-21-22-23-24-25-26-27-28-29-30-31-32-33-34-35-36-37-38-39-40-41-42-43-44-45-46-47-49-51-53-60(65)71-58(56-69-59(64)52-50-48-11-9-7-2)57-70-62(61(66)67)68-55-54-63(3,4)5/h8,10,13-14,16-17,19-20,58,62H,6-7,9,11-12,15,18,21-57H2,1-5H3/p+1/b10-8-,14-13-,17-16-,20-19-. The first-order valence-electron chi connectivity index (χ1n) is 29.8. The van der Waals surface area contributed by atoms with Gasteiger partial charge in [0.2, 0.25) is 0 Å². The van der Waals surface area contributed by atoms with Crippen molar-refractivity contribution in [2.45, 2.75) is 283 Å². The van der Waals surface area contributed by atoms with E-state index in [1.54, 1.807) is 0 Å². The summed E-state index contributed by atoms with van der Waals surface area (Å²) in [6, 6.07) is 0. The van der Waals surface area contributed by atoms with Gasteiger partial charge in [-0.25, -0.2) is 4.79 Å². The molecule has 0 aromatic heterocycles. The van der Waals surface area contributed by atoms with Crippen LogP contribution in [-0.2, 0) is 33.3 Å². The second-order valence-electron chi connectivity index (χ2n) is 21.3. The monoisotopic (exact) mass is 1000 g/mol. The lowest BCUT2D eigenvalue weighted by Gasteiger charge is -2.25. The van der Waals surface area contributed by atoms with Crippen molar-refractivity contribution in [3.05, 3.63) is 48.6 Å². The maximum absolute atomic E-state index is 12.8. The highest BCUT2D eigenvalue weighted by Gasteiger charge is 2.25. The number of hydrogen-bond acceptors (Lipinski definition) is 7. The second kappa shape index (κ2) is 53.5. The molecule has 0 heterocycles. The van der Waals surface area contributed by atoms with Crippen LogP contribution in [0.1, 0.15) is 271 Å². The fraction of sp³-hybridized carbons (Fsp3) is 0.823. The molecule has 0 aromatic carbocycles. The molecular formula is C62H114NO8+. The van der Waals surface area contributed by atoms with Gasteiger partial charge < -0.3 is 28.5 Å². The van der Waals surface area contributed by atoms with Crippen LogP contribution in [0.4, 0.5) is 0 Å². The first kappa shape index (κ1) is 68.2. The lowest BCUT2D eigenvalue weighted by Crippen LogP contribution is -2.40. The van der Waals surface area contributed by atoms with Gasteiger partial charge in [0.05, 0.1) is 34.4 Å². The van der Waals surface area contributed by atoms with Crippen LogP contribution in [-0.4, -0.2) is 87.4 Å². The lowest BCUT2D eigenvalue weighted by atomic mass is 10.0. The van der Waals surface area contributed by atoms with E-state index in [2.05, 4.69) is 62.5 Å². The maximum atomic E-state index is 12.8. The summed E-state index contributed by atoms with van der Waals surface area (Å²) in [4.78, 5) is 36.9. The minimum absolute atomic E-state index is 0.179. The van der Waals surface area contributed by atoms with E-state index in [1.165, 1.54) is 167 Å². The number of hydrogen-bond donors (Lipinski definition) is 1. The number of quaternary nitrogens is 1. The molecule has 2 atom stereocenters. The van der Waals surface area contributed by atoms with E-state index in [4.69, 9.17) is 18.9 Å². The van der Waals surface area contributed by atoms with Crippen molar-refractivity contribution in [3.63, 3.8) is 0 Å². The zero-order valence-electron chi connectivity index (χ0n) is 47.1. The summed E-state index contributed by atoms with van der Waals surface area (Å²) in [6.45, 7) is 4.69. The van der Waals surface area contributed by atoms with E-state index < -0.39 is 24.3 Å². The molecule has 0 rings (SSSR count). The van der Waals surface area contributed by atoms with Gasteiger partial charge in [0.1, 0.15) is 13.2 Å². The Balaban J connectivity index is 3.73. The Labute approximate surface area is 438 Å². The van der Waals surface area contributed by atoms with Crippen molar-refractivity contribution in [1.82, 2.24) is 0 Å². The summed E-state index contributed by atoms with van der Waals surface area (Å²) < 4.78 is 22.6. The molecule has 9 nitrogen and oxygen atoms in total. The van der Waals surface area contributed by atoms with Gasteiger partial charge in [-0.15, -0.1) is 0 Å². The van der Waals surface area contributed by atoms with Gasteiger partial charge in [-0.05, 0) is 51.4 Å². The summed E-state index contributed by atoms with van der Waals surface area (Å²) in [6.07, 6.45) is 64.4. The Bertz CT molecular complexity index is 1300. The predicted molar refractivity (Wildman–Crippen MR) is 300 cm³/mol. The third kappa shape index (κ3) is 54.9. The van der Waals surface area contributed by atoms with Crippen LogP contribution in [0.25, 0.3) is 0 Å². The van der Waals surface area contributed by atoms with E-state index in [1.807, 2.05) is 21.1 Å². The average molecular weight is 1000 g/mol. The van der Waals surface area contributed by atoms with Crippen LogP contribution >= 0.6 is 0 Å². The number of carboxylic acids is 1. The van der Waals surface area contributed by atoms with Crippen LogP contribution in [0.2, 0.25) is 0 Å². The Hall–Kier alpha value is -2.75. The average Bonchev–Trinajstić information content (AvgIpc) is 3.34. The van der Waals surface area contributed by atoms with E-state index in [-0.39, 0.29) is 32.2 Å². The van der Waals surface area contributed by atoms with Gasteiger partial charge in [0.15, 0.2) is 6.10 Å². The molecule has 0 radical (unpaired) electrons. The number of carbonyl (C=O) groups excluding carboxylic acids is 2. The molecule has 0 aliphatic rings. The first-order chi connectivity index (χ1) is 34.6. The fourth-order valence-corrected chi connectivity index (χ4v) is 8.54. The molecule has 0 bridgehead atoms. The van der Waals surface area contributed by atoms with E-state index in [0.717, 1.165) is 77.0 Å². The van der Waals surface area contributed by atoms with Crippen molar-refractivity contribution in [2.75, 3.05) is 47.5 Å². The van der Waals surface area contributed by atoms with Crippen LogP contribution in [0, 0.1) is 0 Å². The number of carbonyl (C=O) groups is 3. The van der Waals surface area contributed by atoms with Crippen molar-refractivity contribution >= 4 is 17.9 Å². The largest absolute Gasteiger partial charge is 0.477 e. The van der Waals surface area contributed by atoms with Crippen molar-refractivity contribution < 1.29 is 42.9 Å². The number of nitrogens with zero attached hydrogens (tertiary/aromatic N) is 1. The Kier molecular flexibility index (Phi) is 51.5. The van der Waals surface area contributed by atoms with Gasteiger partial charge in [-0.2, -0.15) is 0 Å². The number of unbranched alkanes of at least 4 members (excludes halogenated alkanes) is 32. The van der Waals surface area contributed by atoms with Crippen LogP contribution in [0.3, 0.4) is 0 Å². The van der Waals surface area contributed by atoms with Crippen LogP contribution in [0.5, 0.6) is 0 Å². The number of rotatable bonds is 55. The topological polar surface area (TPSA) is 108 Å². The maximum Gasteiger partial charge on any atom is 0.361 e. The molecule has 0 aliphatic heterocycles. The molecule has 0 aliphatic carbocycles. The molecule has 1 N–H and O–H groups in total. The molecule has 0 saturated heterocycles. The van der Waals surface area contributed by atoms with E-state index in [0.29, 0.717) is 17.4 Å². The molecule has 0 saturated carbocycles. The van der Waals surface area contributed by atoms with Crippen molar-refractivity contribution in [2.24, 2.45) is 0 Å². The Morgan fingerprint density at radius 3 is 1.20 bits per heavy atom. The van der Waals surface area contributed by atoms with E-state index >= 15 is 0 Å². The van der Waals surface area contributed by atoms with Gasteiger partial charge >= 0.3 is 17.9 Å². The summed E-state index contributed by atoms with van der Waals surface area (Å²) in [7, 11) is 5.96. The lowest BCUT2D eigenvalue weighted by molar-refractivity contribution is -0.870. The molecule has 0 spiro atoms. The molecule has 2 unspecified atom stereocenters. The minimum atomic E-state index is -1.50. The molecule has 9 heteroatoms. The molecule has 0 aromatic rings. The van der Waals surface area contributed by atoms with Gasteiger partial charge in [0, 0.05) is 12.8 Å². The SMILES string of the molecule is CC/C=C\C/C=C\C/C=C\C/C=C\CCCCCCCCCCCCCCCCCCCCCCCCCCCCCCC(=O)OC(COC(=O)CCCCCCC)COC(OCC[N+](C)(C)C)C(=O)O. The highest BCUT2D eigenvalue weighted by molar-refractivity contribution is 5.71. The van der Waals surface area contributed by atoms with Gasteiger partial charge in [-0.3, -0.25) is 9.59 Å². The molecule has 71 heavy (non-hydrogen) atoms. The first-order valence-corrected chi connectivity index (χ1v) is 29.8. The molecule has 0 fully saturated rings. The number of ether oxygens (including phenoxy) is 4. The third-order valence-corrected chi connectivity index (χ3v) is 13.1. The molecule has 0 amide bonds. The summed E-state index contributed by atoms with van der Waals surface area (Å²) in [5.41, 5.74) is 0. The predicted octanol–water partition coefficient (Wildman–Crippen LogP) is 17.5. The Morgan fingerprint density at radius 2 is 0.803 bits per heavy atom. The highest BCUT2D eigenvalue weighted by atomic mass is 16.7. The number of aliphatic carboxylic acids is 1. The highest BCUT2D eigenvalue weighted by Crippen LogP contribution is 2.17. The zero-order valence-corrected chi connectivity index (χ0v) is 47.1. The number of likely N-dealkylation sites (N-methyl/N-ethyl adjacent to an activating group) is 1. The fourth-order valence-electron chi connectivity index (χ4n) is 8.54. The van der Waals surface area contributed by atoms with Gasteiger partial charge in [0.25, 0.3) is 6.29 Å². The smallest absolute Gasteiger partial charge is 0.361 e. The quantitative estimate of drug-likeness (QED) is 0.0211. The van der Waals surface area contributed by atoms with Crippen molar-refractivity contribution in [3.8, 4) is 0 Å². The van der Waals surface area contributed by atoms with Gasteiger partial charge in [-0.1, -0.05) is 255 Å². The van der Waals surface area contributed by atoms with E-state index in [9.17, 15) is 19.5 Å². The molecule has 414 valence electrons.